The molecule has 0 saturated heterocycles. The number of nitrogens with one attached hydrogen (secondary N) is 1. The minimum atomic E-state index is -1.16. The molecule has 5 heteroatoms. The molecule has 1 aliphatic heterocycles. The van der Waals surface area contributed by atoms with Crippen molar-refractivity contribution < 1.29 is 10.2 Å². The van der Waals surface area contributed by atoms with E-state index < -0.39 is 5.60 Å². The quantitative estimate of drug-likeness (QED) is 0.752. The lowest BCUT2D eigenvalue weighted by molar-refractivity contribution is 0.0757. The number of aliphatic hydroxyl groups excluding tert-OH is 1. The third-order valence-electron chi connectivity index (χ3n) is 3.92. The SMILES string of the molecule is OCCNCC1(O)c2ccccc2CSc2c(Cl)cccc21. The largest absolute Gasteiger partial charge is 0.395 e. The van der Waals surface area contributed by atoms with E-state index in [0.717, 1.165) is 27.3 Å². The first kappa shape index (κ1) is 15.8. The molecule has 2 aromatic carbocycles. The highest BCUT2D eigenvalue weighted by Gasteiger charge is 2.37. The molecule has 0 amide bonds. The molecule has 0 aromatic heterocycles. The van der Waals surface area contributed by atoms with Gasteiger partial charge in [0.25, 0.3) is 0 Å². The van der Waals surface area contributed by atoms with Crippen molar-refractivity contribution in [1.82, 2.24) is 5.32 Å². The summed E-state index contributed by atoms with van der Waals surface area (Å²) in [6, 6.07) is 13.6. The molecule has 1 aliphatic rings. The molecule has 0 radical (unpaired) electrons. The van der Waals surface area contributed by atoms with E-state index in [0.29, 0.717) is 18.1 Å². The minimum Gasteiger partial charge on any atom is -0.395 e. The van der Waals surface area contributed by atoms with Gasteiger partial charge in [-0.25, -0.2) is 0 Å². The molecule has 0 fully saturated rings. The number of fused-ring (bicyclic) bond motifs is 2. The van der Waals surface area contributed by atoms with Gasteiger partial charge in [0, 0.05) is 29.3 Å². The summed E-state index contributed by atoms with van der Waals surface area (Å²) in [5.41, 5.74) is 1.66. The Morgan fingerprint density at radius 2 is 1.91 bits per heavy atom. The van der Waals surface area contributed by atoms with Crippen LogP contribution in [0.4, 0.5) is 0 Å². The van der Waals surface area contributed by atoms with Crippen molar-refractivity contribution in [3.8, 4) is 0 Å². The number of thioether (sulfide) groups is 1. The van der Waals surface area contributed by atoms with Gasteiger partial charge in [-0.15, -0.1) is 11.8 Å². The van der Waals surface area contributed by atoms with Crippen LogP contribution in [0.3, 0.4) is 0 Å². The second-order valence-corrected chi connectivity index (χ2v) is 6.72. The van der Waals surface area contributed by atoms with E-state index in [-0.39, 0.29) is 6.61 Å². The molecule has 2 aromatic rings. The molecule has 0 bridgehead atoms. The summed E-state index contributed by atoms with van der Waals surface area (Å²) in [5.74, 6) is 0.773. The Labute approximate surface area is 139 Å². The van der Waals surface area contributed by atoms with Crippen LogP contribution in [0.15, 0.2) is 47.4 Å². The van der Waals surface area contributed by atoms with Crippen LogP contribution in [0.5, 0.6) is 0 Å². The zero-order valence-electron chi connectivity index (χ0n) is 12.1. The molecule has 1 unspecified atom stereocenters. The van der Waals surface area contributed by atoms with E-state index in [1.54, 1.807) is 11.8 Å². The van der Waals surface area contributed by atoms with E-state index in [9.17, 15) is 5.11 Å². The fourth-order valence-electron chi connectivity index (χ4n) is 2.86. The average molecular weight is 336 g/mol. The van der Waals surface area contributed by atoms with E-state index in [1.807, 2.05) is 42.5 Å². The molecule has 116 valence electrons. The Morgan fingerprint density at radius 3 is 2.73 bits per heavy atom. The third kappa shape index (κ3) is 2.77. The van der Waals surface area contributed by atoms with Crippen molar-refractivity contribution in [1.29, 1.82) is 0 Å². The number of hydrogen-bond acceptors (Lipinski definition) is 4. The maximum absolute atomic E-state index is 11.5. The van der Waals surface area contributed by atoms with Crippen molar-refractivity contribution >= 4 is 23.4 Å². The van der Waals surface area contributed by atoms with Crippen LogP contribution < -0.4 is 5.32 Å². The predicted octanol–water partition coefficient (Wildman–Crippen LogP) is 2.76. The Bertz CT molecular complexity index is 679. The van der Waals surface area contributed by atoms with Crippen LogP contribution in [0, 0.1) is 0 Å². The van der Waals surface area contributed by atoms with Gasteiger partial charge in [0.1, 0.15) is 5.60 Å². The smallest absolute Gasteiger partial charge is 0.128 e. The Balaban J connectivity index is 2.14. The standard InChI is InChI=1S/C17H18ClNO2S/c18-15-7-3-6-14-16(15)22-10-12-4-1-2-5-13(12)17(14,21)11-19-8-9-20/h1-7,19-21H,8-11H2. The fraction of sp³-hybridized carbons (Fsp3) is 0.294. The monoisotopic (exact) mass is 335 g/mol. The third-order valence-corrected chi connectivity index (χ3v) is 5.53. The molecule has 3 N–H and O–H groups in total. The summed E-state index contributed by atoms with van der Waals surface area (Å²) in [7, 11) is 0. The summed E-state index contributed by atoms with van der Waals surface area (Å²) in [6.45, 7) is 0.806. The maximum Gasteiger partial charge on any atom is 0.128 e. The Kier molecular flexibility index (Phi) is 4.76. The van der Waals surface area contributed by atoms with Gasteiger partial charge in [0.05, 0.1) is 11.6 Å². The van der Waals surface area contributed by atoms with Crippen molar-refractivity contribution in [3.05, 3.63) is 64.2 Å². The van der Waals surface area contributed by atoms with Gasteiger partial charge in [-0.1, -0.05) is 48.0 Å². The zero-order valence-corrected chi connectivity index (χ0v) is 13.6. The highest BCUT2D eigenvalue weighted by Crippen LogP contribution is 2.45. The molecule has 0 spiro atoms. The number of halogens is 1. The lowest BCUT2D eigenvalue weighted by atomic mass is 9.84. The Morgan fingerprint density at radius 1 is 1.14 bits per heavy atom. The second-order valence-electron chi connectivity index (χ2n) is 5.32. The van der Waals surface area contributed by atoms with Crippen LogP contribution in [-0.4, -0.2) is 29.9 Å². The fourth-order valence-corrected chi connectivity index (χ4v) is 4.35. The predicted molar refractivity (Wildman–Crippen MR) is 90.4 cm³/mol. The molecule has 1 heterocycles. The molecule has 0 aliphatic carbocycles. The number of benzene rings is 2. The highest BCUT2D eigenvalue weighted by molar-refractivity contribution is 7.98. The van der Waals surface area contributed by atoms with Crippen molar-refractivity contribution in [2.75, 3.05) is 19.7 Å². The molecule has 3 nitrogen and oxygen atoms in total. The van der Waals surface area contributed by atoms with Crippen LogP contribution in [0.1, 0.15) is 16.7 Å². The molecule has 22 heavy (non-hydrogen) atoms. The lowest BCUT2D eigenvalue weighted by Crippen LogP contribution is -2.40. The van der Waals surface area contributed by atoms with Gasteiger partial charge in [0.2, 0.25) is 0 Å². The van der Waals surface area contributed by atoms with E-state index in [4.69, 9.17) is 16.7 Å². The minimum absolute atomic E-state index is 0.0366. The first-order valence-electron chi connectivity index (χ1n) is 7.21. The summed E-state index contributed by atoms with van der Waals surface area (Å²) in [6.07, 6.45) is 0. The summed E-state index contributed by atoms with van der Waals surface area (Å²) >= 11 is 8.01. The van der Waals surface area contributed by atoms with E-state index in [1.165, 1.54) is 0 Å². The first-order valence-corrected chi connectivity index (χ1v) is 8.57. The average Bonchev–Trinajstić information content (AvgIpc) is 2.65. The summed E-state index contributed by atoms with van der Waals surface area (Å²) in [4.78, 5) is 0.925. The second kappa shape index (κ2) is 6.60. The lowest BCUT2D eigenvalue weighted by Gasteiger charge is -2.31. The number of hydrogen-bond donors (Lipinski definition) is 3. The number of aliphatic hydroxyl groups is 2. The maximum atomic E-state index is 11.5. The molecular formula is C17H18ClNO2S. The van der Waals surface area contributed by atoms with Gasteiger partial charge in [-0.05, 0) is 17.2 Å². The molecule has 1 atom stereocenters. The zero-order chi connectivity index (χ0) is 15.6. The molecular weight excluding hydrogens is 318 g/mol. The van der Waals surface area contributed by atoms with Gasteiger partial charge < -0.3 is 15.5 Å². The normalized spacial score (nSPS) is 20.1. The first-order chi connectivity index (χ1) is 10.7. The van der Waals surface area contributed by atoms with E-state index in [2.05, 4.69) is 5.32 Å². The molecule has 0 saturated carbocycles. The highest BCUT2D eigenvalue weighted by atomic mass is 35.5. The summed E-state index contributed by atoms with van der Waals surface area (Å²) in [5, 5.41) is 24.3. The van der Waals surface area contributed by atoms with Crippen LogP contribution in [0.2, 0.25) is 5.02 Å². The van der Waals surface area contributed by atoms with Crippen molar-refractivity contribution in [3.63, 3.8) is 0 Å². The van der Waals surface area contributed by atoms with Crippen molar-refractivity contribution in [2.24, 2.45) is 0 Å². The van der Waals surface area contributed by atoms with Crippen LogP contribution in [0.25, 0.3) is 0 Å². The number of rotatable bonds is 4. The van der Waals surface area contributed by atoms with Gasteiger partial charge in [-0.2, -0.15) is 0 Å². The van der Waals surface area contributed by atoms with Crippen molar-refractivity contribution in [2.45, 2.75) is 16.2 Å². The van der Waals surface area contributed by atoms with E-state index >= 15 is 0 Å². The van der Waals surface area contributed by atoms with Gasteiger partial charge in [0.15, 0.2) is 0 Å². The topological polar surface area (TPSA) is 52.5 Å². The van der Waals surface area contributed by atoms with Gasteiger partial charge >= 0.3 is 0 Å². The van der Waals surface area contributed by atoms with Crippen LogP contribution in [-0.2, 0) is 11.4 Å². The summed E-state index contributed by atoms with van der Waals surface area (Å²) < 4.78 is 0. The van der Waals surface area contributed by atoms with Crippen LogP contribution >= 0.6 is 23.4 Å². The Hall–Kier alpha value is -1.04. The van der Waals surface area contributed by atoms with Gasteiger partial charge in [-0.3, -0.25) is 0 Å². The molecule has 3 rings (SSSR count).